The van der Waals surface area contributed by atoms with Crippen molar-refractivity contribution in [3.8, 4) is 11.5 Å². The predicted molar refractivity (Wildman–Crippen MR) is 113 cm³/mol. The zero-order valence-corrected chi connectivity index (χ0v) is 17.1. The average Bonchev–Trinajstić information content (AvgIpc) is 3.27. The van der Waals surface area contributed by atoms with Crippen molar-refractivity contribution in [1.82, 2.24) is 9.88 Å². The van der Waals surface area contributed by atoms with Crippen molar-refractivity contribution in [2.75, 3.05) is 20.3 Å². The topological polar surface area (TPSA) is 64.8 Å². The van der Waals surface area contributed by atoms with E-state index in [4.69, 9.17) is 13.9 Å². The van der Waals surface area contributed by atoms with Crippen molar-refractivity contribution in [2.24, 2.45) is 0 Å². The lowest BCUT2D eigenvalue weighted by atomic mass is 10.0. The molecule has 30 heavy (non-hydrogen) atoms. The van der Waals surface area contributed by atoms with Crippen molar-refractivity contribution < 1.29 is 18.7 Å². The second-order valence-electron chi connectivity index (χ2n) is 7.39. The van der Waals surface area contributed by atoms with Crippen LogP contribution in [-0.2, 0) is 11.2 Å². The van der Waals surface area contributed by atoms with Crippen LogP contribution in [0.1, 0.15) is 42.5 Å². The molecule has 1 atom stereocenters. The summed E-state index contributed by atoms with van der Waals surface area (Å²) in [5.74, 6) is 2.75. The minimum atomic E-state index is -0.143. The summed E-state index contributed by atoms with van der Waals surface area (Å²) in [7, 11) is 1.61. The van der Waals surface area contributed by atoms with E-state index in [1.54, 1.807) is 25.4 Å². The molecule has 0 aliphatic carbocycles. The molecule has 1 aromatic heterocycles. The lowest BCUT2D eigenvalue weighted by molar-refractivity contribution is -0.137. The number of rotatable bonds is 7. The van der Waals surface area contributed by atoms with Crippen LogP contribution >= 0.6 is 0 Å². The van der Waals surface area contributed by atoms with Crippen LogP contribution < -0.4 is 9.47 Å². The Hall–Kier alpha value is -3.28. The first-order valence-electron chi connectivity index (χ1n) is 10.3. The van der Waals surface area contributed by atoms with Crippen molar-refractivity contribution in [1.29, 1.82) is 0 Å². The quantitative estimate of drug-likeness (QED) is 0.582. The van der Waals surface area contributed by atoms with Gasteiger partial charge in [0.25, 0.3) is 5.91 Å². The van der Waals surface area contributed by atoms with Crippen LogP contribution in [0.2, 0.25) is 0 Å². The standard InChI is InChI=1S/C24H26N2O4/c1-28-19-10-12-20(13-11-19)29-17-23(27)26-14-6-5-9-22(26)24-25-16-21(30-24)15-18-7-3-2-4-8-18/h2-4,7-8,10-13,16,22H,5-6,9,14-15,17H2,1H3/t22-/m0/s1. The van der Waals surface area contributed by atoms with Gasteiger partial charge in [-0.15, -0.1) is 0 Å². The molecule has 4 rings (SSSR count). The molecule has 6 heteroatoms. The van der Waals surface area contributed by atoms with Gasteiger partial charge in [0, 0.05) is 13.0 Å². The molecule has 0 unspecified atom stereocenters. The van der Waals surface area contributed by atoms with E-state index in [1.807, 2.05) is 35.2 Å². The van der Waals surface area contributed by atoms with Gasteiger partial charge in [-0.1, -0.05) is 30.3 Å². The maximum Gasteiger partial charge on any atom is 0.261 e. The molecule has 0 saturated carbocycles. The summed E-state index contributed by atoms with van der Waals surface area (Å²) in [5.41, 5.74) is 1.17. The van der Waals surface area contributed by atoms with Crippen LogP contribution in [-0.4, -0.2) is 36.1 Å². The van der Waals surface area contributed by atoms with Crippen LogP contribution in [0.25, 0.3) is 0 Å². The normalized spacial score (nSPS) is 16.3. The third-order valence-corrected chi connectivity index (χ3v) is 5.32. The Bertz CT molecular complexity index is 953. The van der Waals surface area contributed by atoms with Gasteiger partial charge < -0.3 is 18.8 Å². The Balaban J connectivity index is 1.40. The van der Waals surface area contributed by atoms with E-state index in [0.29, 0.717) is 24.6 Å². The number of methoxy groups -OCH3 is 1. The molecule has 156 valence electrons. The summed E-state index contributed by atoms with van der Waals surface area (Å²) >= 11 is 0. The Morgan fingerprint density at radius 3 is 2.63 bits per heavy atom. The highest BCUT2D eigenvalue weighted by atomic mass is 16.5. The van der Waals surface area contributed by atoms with E-state index in [1.165, 1.54) is 5.56 Å². The highest BCUT2D eigenvalue weighted by Crippen LogP contribution is 2.31. The van der Waals surface area contributed by atoms with Crippen LogP contribution in [0.5, 0.6) is 11.5 Å². The van der Waals surface area contributed by atoms with Gasteiger partial charge in [-0.25, -0.2) is 4.98 Å². The molecule has 0 N–H and O–H groups in total. The largest absolute Gasteiger partial charge is 0.497 e. The van der Waals surface area contributed by atoms with E-state index in [2.05, 4.69) is 17.1 Å². The Morgan fingerprint density at radius 2 is 1.87 bits per heavy atom. The SMILES string of the molecule is COc1ccc(OCC(=O)N2CCCC[C@H]2c2ncc(Cc3ccccc3)o2)cc1. The Labute approximate surface area is 176 Å². The molecular formula is C24H26N2O4. The number of benzene rings is 2. The van der Waals surface area contributed by atoms with Gasteiger partial charge in [0.2, 0.25) is 5.89 Å². The fraction of sp³-hybridized carbons (Fsp3) is 0.333. The molecule has 1 aliphatic heterocycles. The van der Waals surface area contributed by atoms with Crippen LogP contribution in [0.15, 0.2) is 65.2 Å². The molecule has 1 amide bonds. The minimum Gasteiger partial charge on any atom is -0.497 e. The van der Waals surface area contributed by atoms with Gasteiger partial charge in [0.1, 0.15) is 23.3 Å². The van der Waals surface area contributed by atoms with Gasteiger partial charge in [-0.05, 0) is 49.1 Å². The molecule has 6 nitrogen and oxygen atoms in total. The Kier molecular flexibility index (Phi) is 6.32. The third kappa shape index (κ3) is 4.82. The van der Waals surface area contributed by atoms with Crippen molar-refractivity contribution in [3.05, 3.63) is 78.0 Å². The van der Waals surface area contributed by atoms with Crippen molar-refractivity contribution >= 4 is 5.91 Å². The maximum atomic E-state index is 12.9. The van der Waals surface area contributed by atoms with Crippen molar-refractivity contribution in [3.63, 3.8) is 0 Å². The molecule has 2 heterocycles. The Morgan fingerprint density at radius 1 is 1.10 bits per heavy atom. The monoisotopic (exact) mass is 406 g/mol. The van der Waals surface area contributed by atoms with E-state index >= 15 is 0 Å². The number of oxazole rings is 1. The third-order valence-electron chi connectivity index (χ3n) is 5.32. The number of ether oxygens (including phenoxy) is 2. The first-order chi connectivity index (χ1) is 14.7. The first-order valence-corrected chi connectivity index (χ1v) is 10.3. The molecule has 0 bridgehead atoms. The molecule has 2 aromatic carbocycles. The molecule has 1 fully saturated rings. The molecular weight excluding hydrogens is 380 g/mol. The fourth-order valence-corrected chi connectivity index (χ4v) is 3.74. The smallest absolute Gasteiger partial charge is 0.261 e. The number of likely N-dealkylation sites (tertiary alicyclic amines) is 1. The van der Waals surface area contributed by atoms with E-state index in [-0.39, 0.29) is 18.6 Å². The number of carbonyl (C=O) groups is 1. The lowest BCUT2D eigenvalue weighted by Gasteiger charge is -2.33. The number of nitrogens with zero attached hydrogens (tertiary/aromatic N) is 2. The summed E-state index contributed by atoms with van der Waals surface area (Å²) in [6.07, 6.45) is 5.33. The highest BCUT2D eigenvalue weighted by molar-refractivity contribution is 5.78. The second kappa shape index (κ2) is 9.48. The zero-order chi connectivity index (χ0) is 20.8. The average molecular weight is 406 g/mol. The predicted octanol–water partition coefficient (Wildman–Crippen LogP) is 4.41. The van der Waals surface area contributed by atoms with Crippen LogP contribution in [0.3, 0.4) is 0 Å². The summed E-state index contributed by atoms with van der Waals surface area (Å²) in [6, 6.07) is 17.2. The van der Waals surface area contributed by atoms with Crippen LogP contribution in [0.4, 0.5) is 0 Å². The van der Waals surface area contributed by atoms with Crippen molar-refractivity contribution in [2.45, 2.75) is 31.7 Å². The van der Waals surface area contributed by atoms with E-state index < -0.39 is 0 Å². The number of piperidine rings is 1. The molecule has 0 spiro atoms. The first kappa shape index (κ1) is 20.0. The second-order valence-corrected chi connectivity index (χ2v) is 7.39. The molecule has 0 radical (unpaired) electrons. The van der Waals surface area contributed by atoms with Crippen LogP contribution in [0, 0.1) is 0 Å². The number of amides is 1. The van der Waals surface area contributed by atoms with Gasteiger partial charge >= 0.3 is 0 Å². The minimum absolute atomic E-state index is 0.0135. The molecule has 1 saturated heterocycles. The molecule has 1 aliphatic rings. The summed E-state index contributed by atoms with van der Waals surface area (Å²) < 4.78 is 16.9. The summed E-state index contributed by atoms with van der Waals surface area (Å²) in [5, 5.41) is 0. The zero-order valence-electron chi connectivity index (χ0n) is 17.1. The van der Waals surface area contributed by atoms with Gasteiger partial charge in [0.05, 0.1) is 13.3 Å². The van der Waals surface area contributed by atoms with E-state index in [0.717, 1.165) is 30.8 Å². The fourth-order valence-electron chi connectivity index (χ4n) is 3.74. The van der Waals surface area contributed by atoms with Gasteiger partial charge in [0.15, 0.2) is 6.61 Å². The lowest BCUT2D eigenvalue weighted by Crippen LogP contribution is -2.41. The van der Waals surface area contributed by atoms with E-state index in [9.17, 15) is 4.79 Å². The highest BCUT2D eigenvalue weighted by Gasteiger charge is 2.31. The summed E-state index contributed by atoms with van der Waals surface area (Å²) in [6.45, 7) is 0.673. The van der Waals surface area contributed by atoms with Gasteiger partial charge in [-0.3, -0.25) is 4.79 Å². The number of hydrogen-bond acceptors (Lipinski definition) is 5. The number of carbonyl (C=O) groups excluding carboxylic acids is 1. The summed E-state index contributed by atoms with van der Waals surface area (Å²) in [4.78, 5) is 19.2. The number of hydrogen-bond donors (Lipinski definition) is 0. The maximum absolute atomic E-state index is 12.9. The molecule has 3 aromatic rings. The number of aromatic nitrogens is 1. The van der Waals surface area contributed by atoms with Gasteiger partial charge in [-0.2, -0.15) is 0 Å².